The number of carboxylic acid groups (broad SMARTS) is 1. The van der Waals surface area contributed by atoms with Crippen LogP contribution >= 0.6 is 0 Å². The maximum absolute atomic E-state index is 14.7. The largest absolute Gasteiger partial charge is 0.480 e. The number of nitrogens with one attached hydrogen (secondary N) is 1. The SMILES string of the molecule is CN[C@@]1(C(=O)O)c2cc(C3(N)CCC3)c(F)cc2C[C@@H]1CCCB(O)O. The van der Waals surface area contributed by atoms with E-state index in [0.717, 1.165) is 6.42 Å². The van der Waals surface area contributed by atoms with Gasteiger partial charge in [-0.1, -0.05) is 6.42 Å². The molecule has 0 aromatic heterocycles. The first-order valence-corrected chi connectivity index (χ1v) is 9.15. The molecule has 0 saturated heterocycles. The molecule has 0 unspecified atom stereocenters. The molecule has 1 aromatic rings. The smallest absolute Gasteiger partial charge is 0.451 e. The van der Waals surface area contributed by atoms with Crippen molar-refractivity contribution >= 4 is 13.1 Å². The van der Waals surface area contributed by atoms with Crippen molar-refractivity contribution in [3.8, 4) is 0 Å². The van der Waals surface area contributed by atoms with Crippen LogP contribution in [0.4, 0.5) is 4.39 Å². The van der Waals surface area contributed by atoms with E-state index < -0.39 is 24.2 Å². The highest BCUT2D eigenvalue weighted by Crippen LogP contribution is 2.48. The summed E-state index contributed by atoms with van der Waals surface area (Å²) in [6, 6.07) is 3.09. The molecule has 142 valence electrons. The number of halogens is 1. The first-order chi connectivity index (χ1) is 12.2. The molecule has 2 aliphatic rings. The molecule has 6 N–H and O–H groups in total. The van der Waals surface area contributed by atoms with Crippen LogP contribution in [0.3, 0.4) is 0 Å². The summed E-state index contributed by atoms with van der Waals surface area (Å²) in [5.41, 5.74) is 5.93. The zero-order valence-corrected chi connectivity index (χ0v) is 15.0. The molecule has 0 spiro atoms. The van der Waals surface area contributed by atoms with Gasteiger partial charge in [-0.3, -0.25) is 0 Å². The maximum atomic E-state index is 14.7. The van der Waals surface area contributed by atoms with Gasteiger partial charge in [0.25, 0.3) is 0 Å². The van der Waals surface area contributed by atoms with E-state index in [1.54, 1.807) is 13.1 Å². The lowest BCUT2D eigenvalue weighted by Crippen LogP contribution is -2.51. The van der Waals surface area contributed by atoms with Gasteiger partial charge < -0.3 is 26.2 Å². The Kier molecular flexibility index (Phi) is 5.14. The molecular weight excluding hydrogens is 338 g/mol. The molecule has 0 amide bonds. The number of likely N-dealkylation sites (N-methyl/N-ethyl adjacent to an activating group) is 1. The highest BCUT2D eigenvalue weighted by molar-refractivity contribution is 6.40. The van der Waals surface area contributed by atoms with Crippen molar-refractivity contribution in [3.63, 3.8) is 0 Å². The number of carboxylic acids is 1. The highest BCUT2D eigenvalue weighted by Gasteiger charge is 2.52. The first kappa shape index (κ1) is 19.3. The lowest BCUT2D eigenvalue weighted by atomic mass is 9.71. The van der Waals surface area contributed by atoms with Gasteiger partial charge in [-0.2, -0.15) is 0 Å². The third-order valence-corrected chi connectivity index (χ3v) is 6.23. The summed E-state index contributed by atoms with van der Waals surface area (Å²) in [7, 11) is 0.189. The van der Waals surface area contributed by atoms with Crippen molar-refractivity contribution < 1.29 is 24.3 Å². The zero-order chi connectivity index (χ0) is 19.1. The quantitative estimate of drug-likeness (QED) is 0.463. The Balaban J connectivity index is 2.00. The highest BCUT2D eigenvalue weighted by atomic mass is 19.1. The van der Waals surface area contributed by atoms with Gasteiger partial charge in [0.1, 0.15) is 11.4 Å². The van der Waals surface area contributed by atoms with E-state index in [2.05, 4.69) is 5.32 Å². The van der Waals surface area contributed by atoms with E-state index in [1.165, 1.54) is 6.07 Å². The molecule has 8 heteroatoms. The van der Waals surface area contributed by atoms with Crippen molar-refractivity contribution in [3.05, 3.63) is 34.6 Å². The minimum Gasteiger partial charge on any atom is -0.480 e. The molecule has 2 atom stereocenters. The topological polar surface area (TPSA) is 116 Å². The van der Waals surface area contributed by atoms with Crippen LogP contribution in [0, 0.1) is 11.7 Å². The second-order valence-corrected chi connectivity index (χ2v) is 7.67. The van der Waals surface area contributed by atoms with Crippen LogP contribution in [0.15, 0.2) is 12.1 Å². The van der Waals surface area contributed by atoms with Gasteiger partial charge in [0.2, 0.25) is 0 Å². The summed E-state index contributed by atoms with van der Waals surface area (Å²) < 4.78 is 14.7. The lowest BCUT2D eigenvalue weighted by Gasteiger charge is -2.40. The number of aliphatic carboxylic acids is 1. The standard InChI is InChI=1S/C18H26BFN2O4/c1-22-18(16(23)24)12(4-2-7-19(25)26)8-11-9-15(20)14(10-13(11)18)17(21)5-3-6-17/h9-10,12,22,25-26H,2-8,21H2,1H3,(H,23,24)/t12-,18+/m0/s1. The van der Waals surface area contributed by atoms with Crippen LogP contribution in [-0.4, -0.2) is 35.3 Å². The van der Waals surface area contributed by atoms with Crippen LogP contribution in [0.2, 0.25) is 6.32 Å². The fourth-order valence-corrected chi connectivity index (χ4v) is 4.60. The maximum Gasteiger partial charge on any atom is 0.451 e. The van der Waals surface area contributed by atoms with E-state index in [0.29, 0.717) is 48.8 Å². The zero-order valence-electron chi connectivity index (χ0n) is 15.0. The summed E-state index contributed by atoms with van der Waals surface area (Å²) in [6.07, 6.45) is 3.90. The number of rotatable bonds is 7. The minimum absolute atomic E-state index is 0.178. The van der Waals surface area contributed by atoms with Crippen molar-refractivity contribution in [2.75, 3.05) is 7.05 Å². The number of hydrogen-bond acceptors (Lipinski definition) is 5. The van der Waals surface area contributed by atoms with Crippen LogP contribution in [0.5, 0.6) is 0 Å². The Hall–Kier alpha value is -1.48. The van der Waals surface area contributed by atoms with Crippen LogP contribution in [0.1, 0.15) is 48.8 Å². The predicted molar refractivity (Wildman–Crippen MR) is 95.9 cm³/mol. The summed E-state index contributed by atoms with van der Waals surface area (Å²) >= 11 is 0. The van der Waals surface area contributed by atoms with Gasteiger partial charge in [-0.05, 0) is 74.6 Å². The second kappa shape index (κ2) is 6.92. The molecule has 2 aliphatic carbocycles. The molecule has 26 heavy (non-hydrogen) atoms. The van der Waals surface area contributed by atoms with E-state index in [-0.39, 0.29) is 18.1 Å². The molecule has 6 nitrogen and oxygen atoms in total. The van der Waals surface area contributed by atoms with Crippen molar-refractivity contribution in [2.24, 2.45) is 11.7 Å². The molecule has 0 radical (unpaired) electrons. The molecule has 1 aromatic carbocycles. The number of nitrogens with two attached hydrogens (primary N) is 1. The molecule has 0 heterocycles. The third-order valence-electron chi connectivity index (χ3n) is 6.23. The average molecular weight is 364 g/mol. The van der Waals surface area contributed by atoms with Crippen molar-refractivity contribution in [1.82, 2.24) is 5.32 Å². The van der Waals surface area contributed by atoms with Crippen LogP contribution in [0.25, 0.3) is 0 Å². The first-order valence-electron chi connectivity index (χ1n) is 9.15. The average Bonchev–Trinajstić information content (AvgIpc) is 2.84. The Morgan fingerprint density at radius 1 is 1.38 bits per heavy atom. The molecule has 3 rings (SSSR count). The molecule has 1 saturated carbocycles. The Bertz CT molecular complexity index is 711. The Morgan fingerprint density at radius 2 is 2.08 bits per heavy atom. The van der Waals surface area contributed by atoms with E-state index >= 15 is 0 Å². The van der Waals surface area contributed by atoms with E-state index in [9.17, 15) is 14.3 Å². The monoisotopic (exact) mass is 364 g/mol. The Morgan fingerprint density at radius 3 is 2.58 bits per heavy atom. The van der Waals surface area contributed by atoms with Gasteiger partial charge in [0.05, 0.1) is 0 Å². The lowest BCUT2D eigenvalue weighted by molar-refractivity contribution is -0.147. The summed E-state index contributed by atoms with van der Waals surface area (Å²) in [6.45, 7) is 0. The second-order valence-electron chi connectivity index (χ2n) is 7.67. The normalized spacial score (nSPS) is 26.3. The summed E-state index contributed by atoms with van der Waals surface area (Å²) in [5, 5.41) is 31.1. The van der Waals surface area contributed by atoms with Gasteiger partial charge in [-0.15, -0.1) is 0 Å². The van der Waals surface area contributed by atoms with Gasteiger partial charge in [0.15, 0.2) is 0 Å². The van der Waals surface area contributed by atoms with Crippen molar-refractivity contribution in [2.45, 2.75) is 55.9 Å². The van der Waals surface area contributed by atoms with E-state index in [4.69, 9.17) is 15.8 Å². The number of fused-ring (bicyclic) bond motifs is 1. The number of benzene rings is 1. The van der Waals surface area contributed by atoms with Gasteiger partial charge >= 0.3 is 13.1 Å². The van der Waals surface area contributed by atoms with Crippen LogP contribution in [-0.2, 0) is 22.3 Å². The fourth-order valence-electron chi connectivity index (χ4n) is 4.60. The van der Waals surface area contributed by atoms with Gasteiger partial charge in [0, 0.05) is 11.1 Å². The van der Waals surface area contributed by atoms with Crippen molar-refractivity contribution in [1.29, 1.82) is 0 Å². The summed E-state index contributed by atoms with van der Waals surface area (Å²) in [4.78, 5) is 12.3. The molecular formula is C18H26BFN2O4. The fraction of sp³-hybridized carbons (Fsp3) is 0.611. The minimum atomic E-state index is -1.41. The van der Waals surface area contributed by atoms with Gasteiger partial charge in [-0.25, -0.2) is 9.18 Å². The number of hydrogen-bond donors (Lipinski definition) is 5. The Labute approximate surface area is 152 Å². The van der Waals surface area contributed by atoms with Crippen LogP contribution < -0.4 is 11.1 Å². The molecule has 0 bridgehead atoms. The predicted octanol–water partition coefficient (Wildman–Crippen LogP) is 1.09. The summed E-state index contributed by atoms with van der Waals surface area (Å²) in [5.74, 6) is -1.68. The number of carbonyl (C=O) groups is 1. The van der Waals surface area contributed by atoms with E-state index in [1.807, 2.05) is 0 Å². The third kappa shape index (κ3) is 2.95. The molecule has 0 aliphatic heterocycles. The molecule has 1 fully saturated rings.